The molecular weight excluding hydrogens is 524 g/mol. The number of aryl methyl sites for hydroxylation is 1. The highest BCUT2D eigenvalue weighted by Crippen LogP contribution is 2.45. The van der Waals surface area contributed by atoms with Gasteiger partial charge in [0.05, 0.1) is 28.9 Å². The van der Waals surface area contributed by atoms with Crippen molar-refractivity contribution >= 4 is 39.4 Å². The maximum absolute atomic E-state index is 12.8. The highest BCUT2D eigenvalue weighted by molar-refractivity contribution is 6.30. The molecule has 1 N–H and O–H groups in total. The molecule has 5 aromatic rings. The van der Waals surface area contributed by atoms with E-state index in [-0.39, 0.29) is 0 Å². The second-order valence-electron chi connectivity index (χ2n) is 11.1. The molecule has 0 bridgehead atoms. The van der Waals surface area contributed by atoms with Crippen molar-refractivity contribution in [2.45, 2.75) is 45.8 Å². The van der Waals surface area contributed by atoms with Gasteiger partial charge in [0.1, 0.15) is 5.75 Å². The number of fused-ring (bicyclic) bond motifs is 1. The van der Waals surface area contributed by atoms with Crippen molar-refractivity contribution in [2.75, 3.05) is 6.61 Å². The molecule has 1 aliphatic heterocycles. The normalized spacial score (nSPS) is 13.8. The molecule has 1 aliphatic rings. The first-order valence-corrected chi connectivity index (χ1v) is 13.6. The van der Waals surface area contributed by atoms with Gasteiger partial charge in [0.2, 0.25) is 0 Å². The summed E-state index contributed by atoms with van der Waals surface area (Å²) < 4.78 is 12.2. The number of nitrogens with zero attached hydrogens (tertiary/aromatic N) is 2. The molecule has 0 amide bonds. The number of pyridine rings is 2. The van der Waals surface area contributed by atoms with E-state index in [9.17, 15) is 9.90 Å². The number of aliphatic carboxylic acids is 1. The highest BCUT2D eigenvalue weighted by atomic mass is 35.5. The summed E-state index contributed by atoms with van der Waals surface area (Å²) in [4.78, 5) is 22.6. The third-order valence-corrected chi connectivity index (χ3v) is 7.39. The Hall–Kier alpha value is -4.00. The molecule has 40 heavy (non-hydrogen) atoms. The molecule has 0 saturated carbocycles. The maximum atomic E-state index is 12.8. The first-order chi connectivity index (χ1) is 19.1. The Kier molecular flexibility index (Phi) is 6.48. The van der Waals surface area contributed by atoms with Crippen molar-refractivity contribution in [3.05, 3.63) is 88.6 Å². The summed E-state index contributed by atoms with van der Waals surface area (Å²) in [5.74, 6) is -0.269. The van der Waals surface area contributed by atoms with Gasteiger partial charge in [-0.1, -0.05) is 29.8 Å². The van der Waals surface area contributed by atoms with Crippen LogP contribution >= 0.6 is 11.6 Å². The molecule has 0 radical (unpaired) electrons. The number of hydrogen-bond acceptors (Lipinski definition) is 5. The SMILES string of the molecule is Cc1cc2nc(-c3cccc(Cl)c3)ccc2c(-c2ccc3c4c(ccnc24)CCO3)c1C(OC(C)(C)C)C(=O)O. The lowest BCUT2D eigenvalue weighted by atomic mass is 9.86. The zero-order valence-corrected chi connectivity index (χ0v) is 23.5. The third kappa shape index (κ3) is 4.67. The Labute approximate surface area is 237 Å². The molecule has 1 unspecified atom stereocenters. The first kappa shape index (κ1) is 26.2. The summed E-state index contributed by atoms with van der Waals surface area (Å²) in [6, 6.07) is 19.4. The van der Waals surface area contributed by atoms with Gasteiger partial charge in [-0.05, 0) is 86.8 Å². The molecule has 2 aromatic heterocycles. The minimum absolute atomic E-state index is 0.589. The number of rotatable bonds is 5. The summed E-state index contributed by atoms with van der Waals surface area (Å²) in [6.45, 7) is 8.11. The number of hydrogen-bond donors (Lipinski definition) is 1. The molecule has 0 spiro atoms. The molecule has 6 rings (SSSR count). The zero-order valence-electron chi connectivity index (χ0n) is 22.8. The van der Waals surface area contributed by atoms with Crippen molar-refractivity contribution in [1.29, 1.82) is 0 Å². The Bertz CT molecular complexity index is 1800. The van der Waals surface area contributed by atoms with Gasteiger partial charge in [-0.25, -0.2) is 9.78 Å². The van der Waals surface area contributed by atoms with Crippen LogP contribution in [-0.2, 0) is 16.0 Å². The predicted octanol–water partition coefficient (Wildman–Crippen LogP) is 7.95. The van der Waals surface area contributed by atoms with Gasteiger partial charge < -0.3 is 14.6 Å². The lowest BCUT2D eigenvalue weighted by molar-refractivity contribution is -0.160. The third-order valence-electron chi connectivity index (χ3n) is 7.16. The van der Waals surface area contributed by atoms with Crippen LogP contribution in [0.4, 0.5) is 0 Å². The van der Waals surface area contributed by atoms with Crippen LogP contribution in [0.25, 0.3) is 44.2 Å². The molecule has 0 fully saturated rings. The monoisotopic (exact) mass is 552 g/mol. The fraction of sp³-hybridized carbons (Fsp3) is 0.242. The zero-order chi connectivity index (χ0) is 28.2. The van der Waals surface area contributed by atoms with Crippen molar-refractivity contribution in [3.63, 3.8) is 0 Å². The van der Waals surface area contributed by atoms with E-state index in [0.29, 0.717) is 17.2 Å². The average Bonchev–Trinajstić information content (AvgIpc) is 2.91. The molecule has 7 heteroatoms. The van der Waals surface area contributed by atoms with E-state index in [1.165, 1.54) is 0 Å². The lowest BCUT2D eigenvalue weighted by Gasteiger charge is -2.29. The smallest absolute Gasteiger partial charge is 0.337 e. The second-order valence-corrected chi connectivity index (χ2v) is 11.5. The largest absolute Gasteiger partial charge is 0.493 e. The van der Waals surface area contributed by atoms with Gasteiger partial charge in [-0.15, -0.1) is 0 Å². The standard InChI is InChI=1S/C33H29ClN2O4/c1-18-16-25-22(8-10-24(36-25)20-6-5-7-21(34)17-20)29(27(18)31(32(37)38)40-33(2,3)4)23-9-11-26-28-19(13-15-39-26)12-14-35-30(23)28/h5-12,14,16-17,31H,13,15H2,1-4H3,(H,37,38). The fourth-order valence-electron chi connectivity index (χ4n) is 5.55. The van der Waals surface area contributed by atoms with Crippen LogP contribution in [0.15, 0.2) is 66.9 Å². The van der Waals surface area contributed by atoms with Gasteiger partial charge in [-0.3, -0.25) is 4.98 Å². The van der Waals surface area contributed by atoms with E-state index >= 15 is 0 Å². The lowest BCUT2D eigenvalue weighted by Crippen LogP contribution is -2.28. The topological polar surface area (TPSA) is 81.5 Å². The van der Waals surface area contributed by atoms with E-state index < -0.39 is 17.7 Å². The Morgan fingerprint density at radius 2 is 1.93 bits per heavy atom. The average molecular weight is 553 g/mol. The molecule has 0 aliphatic carbocycles. The minimum atomic E-state index is -1.20. The van der Waals surface area contributed by atoms with Gasteiger partial charge in [0.25, 0.3) is 0 Å². The molecule has 3 heterocycles. The first-order valence-electron chi connectivity index (χ1n) is 13.3. The van der Waals surface area contributed by atoms with Crippen molar-refractivity contribution < 1.29 is 19.4 Å². The number of ether oxygens (including phenoxy) is 2. The van der Waals surface area contributed by atoms with Gasteiger partial charge in [0.15, 0.2) is 6.10 Å². The molecule has 0 saturated heterocycles. The van der Waals surface area contributed by atoms with Crippen LogP contribution in [-0.4, -0.2) is 33.3 Å². The van der Waals surface area contributed by atoms with Gasteiger partial charge in [-0.2, -0.15) is 0 Å². The Morgan fingerprint density at radius 3 is 2.67 bits per heavy atom. The van der Waals surface area contributed by atoms with Crippen molar-refractivity contribution in [1.82, 2.24) is 9.97 Å². The highest BCUT2D eigenvalue weighted by Gasteiger charge is 2.33. The minimum Gasteiger partial charge on any atom is -0.493 e. The number of carboxylic acid groups (broad SMARTS) is 1. The Balaban J connectivity index is 1.70. The number of aromatic nitrogens is 2. The van der Waals surface area contributed by atoms with E-state index in [4.69, 9.17) is 31.0 Å². The summed E-state index contributed by atoms with van der Waals surface area (Å²) in [6.07, 6.45) is 1.39. The van der Waals surface area contributed by atoms with E-state index in [1.54, 1.807) is 0 Å². The van der Waals surface area contributed by atoms with E-state index in [2.05, 4.69) is 0 Å². The van der Waals surface area contributed by atoms with Crippen LogP contribution in [0, 0.1) is 6.92 Å². The second kappa shape index (κ2) is 9.88. The van der Waals surface area contributed by atoms with Crippen molar-refractivity contribution in [2.24, 2.45) is 0 Å². The Morgan fingerprint density at radius 1 is 1.10 bits per heavy atom. The summed E-state index contributed by atoms with van der Waals surface area (Å²) in [7, 11) is 0. The molecular formula is C33H29ClN2O4. The van der Waals surface area contributed by atoms with Crippen LogP contribution < -0.4 is 4.74 Å². The number of carbonyl (C=O) groups is 1. The number of carboxylic acids is 1. The molecule has 1 atom stereocenters. The summed E-state index contributed by atoms with van der Waals surface area (Å²) >= 11 is 6.26. The quantitative estimate of drug-likeness (QED) is 0.238. The maximum Gasteiger partial charge on any atom is 0.337 e. The van der Waals surface area contributed by atoms with Crippen LogP contribution in [0.1, 0.15) is 43.6 Å². The van der Waals surface area contributed by atoms with Gasteiger partial charge >= 0.3 is 5.97 Å². The van der Waals surface area contributed by atoms with Crippen LogP contribution in [0.5, 0.6) is 5.75 Å². The number of benzene rings is 3. The predicted molar refractivity (Wildman–Crippen MR) is 158 cm³/mol. The molecule has 202 valence electrons. The van der Waals surface area contributed by atoms with Gasteiger partial charge in [0, 0.05) is 45.1 Å². The summed E-state index contributed by atoms with van der Waals surface area (Å²) in [5, 5.41) is 12.8. The van der Waals surface area contributed by atoms with Crippen molar-refractivity contribution in [3.8, 4) is 28.1 Å². The fourth-order valence-corrected chi connectivity index (χ4v) is 5.74. The molecule has 3 aromatic carbocycles. The molecule has 6 nitrogen and oxygen atoms in total. The van der Waals surface area contributed by atoms with Crippen LogP contribution in [0.2, 0.25) is 5.02 Å². The number of halogens is 1. The van der Waals surface area contributed by atoms with E-state index in [1.807, 2.05) is 94.6 Å². The summed E-state index contributed by atoms with van der Waals surface area (Å²) in [5.41, 5.74) is 6.57. The van der Waals surface area contributed by atoms with E-state index in [0.717, 1.165) is 67.5 Å². The van der Waals surface area contributed by atoms with Crippen LogP contribution in [0.3, 0.4) is 0 Å².